The second-order valence-electron chi connectivity index (χ2n) is 9.29. The van der Waals surface area contributed by atoms with Gasteiger partial charge in [0.15, 0.2) is 0 Å². The molecular weight excluding hydrogens is 515 g/mol. The van der Waals surface area contributed by atoms with Crippen molar-refractivity contribution in [2.24, 2.45) is 5.92 Å². The summed E-state index contributed by atoms with van der Waals surface area (Å²) in [4.78, 5) is 33.4. The number of carbonyl (C=O) groups is 2. The molecule has 2 heterocycles. The van der Waals surface area contributed by atoms with E-state index < -0.39 is 18.2 Å². The van der Waals surface area contributed by atoms with Gasteiger partial charge in [-0.1, -0.05) is 58.4 Å². The van der Waals surface area contributed by atoms with Crippen LogP contribution in [0.5, 0.6) is 5.75 Å². The highest BCUT2D eigenvalue weighted by Crippen LogP contribution is 2.34. The Morgan fingerprint density at radius 3 is 2.35 bits per heavy atom. The van der Waals surface area contributed by atoms with Crippen LogP contribution in [0.1, 0.15) is 57.2 Å². The minimum absolute atomic E-state index is 0.00376. The van der Waals surface area contributed by atoms with Gasteiger partial charge in [-0.05, 0) is 49.6 Å². The second kappa shape index (κ2) is 15.7. The number of urea groups is 1. The number of hydrogen-bond acceptors (Lipinski definition) is 6. The van der Waals surface area contributed by atoms with E-state index in [0.717, 1.165) is 12.0 Å². The van der Waals surface area contributed by atoms with E-state index in [1.54, 1.807) is 18.2 Å². The third kappa shape index (κ3) is 8.37. The number of H-pyrrole nitrogens is 1. The lowest BCUT2D eigenvalue weighted by Gasteiger charge is -2.28. The first-order valence-corrected chi connectivity index (χ1v) is 13.6. The number of ether oxygens (including phenoxy) is 1. The fraction of sp³-hybridized carbons (Fsp3) is 0.433. The smallest absolute Gasteiger partial charge is 0.325 e. The van der Waals surface area contributed by atoms with Gasteiger partial charge in [-0.3, -0.25) is 9.69 Å². The Balaban J connectivity index is 0.000000336. The molecule has 2 unspecified atom stereocenters. The van der Waals surface area contributed by atoms with Gasteiger partial charge < -0.3 is 25.3 Å². The summed E-state index contributed by atoms with van der Waals surface area (Å²) in [6.45, 7) is 11.4. The maximum absolute atomic E-state index is 14.4. The minimum atomic E-state index is -0.801. The van der Waals surface area contributed by atoms with Gasteiger partial charge in [0.2, 0.25) is 0 Å². The summed E-state index contributed by atoms with van der Waals surface area (Å²) < 4.78 is 19.5. The number of nitrogens with one attached hydrogen (secondary N) is 2. The summed E-state index contributed by atoms with van der Waals surface area (Å²) in [5.41, 5.74) is 2.42. The standard InChI is InChI=1S/C19H23FN4O2.C9H12O3.C2H6/c1-5-11(3)17(24-15(25)9-21-19(24)26)18-22-12(4)16(23-18)13-7-6-10(2)8-14(13)20;10-6-8(11)7-12-9-4-2-1-3-5-9;1-2/h6-8,11,17H,5,9H2,1-4H3,(H,21,26)(H,22,23);1-5,8,10-11H,6-7H2;1-2H3/t11?,17-;;/m0../s1. The van der Waals surface area contributed by atoms with E-state index in [-0.39, 0.29) is 37.4 Å². The number of amides is 3. The molecule has 2 aromatic carbocycles. The number of nitrogens with zero attached hydrogens (tertiary/aromatic N) is 2. The normalized spacial score (nSPS) is 14.8. The number of aromatic amines is 1. The maximum Gasteiger partial charge on any atom is 0.325 e. The molecule has 0 saturated carbocycles. The lowest BCUT2D eigenvalue weighted by Crippen LogP contribution is -2.38. The SMILES string of the molecule is CC.CCC(C)[C@@H](c1nc(-c2ccc(C)cc2F)c(C)[nH]1)N1C(=O)CNC1=O.OCC(O)COc1ccccc1. The lowest BCUT2D eigenvalue weighted by molar-refractivity contribution is -0.127. The summed E-state index contributed by atoms with van der Waals surface area (Å²) in [5.74, 6) is 0.574. The molecule has 1 aliphatic heterocycles. The van der Waals surface area contributed by atoms with Crippen molar-refractivity contribution in [1.29, 1.82) is 0 Å². The van der Waals surface area contributed by atoms with Crippen LogP contribution in [-0.4, -0.2) is 62.9 Å². The molecule has 1 saturated heterocycles. The molecule has 0 aliphatic carbocycles. The zero-order chi connectivity index (χ0) is 29.8. The second-order valence-corrected chi connectivity index (χ2v) is 9.29. The lowest BCUT2D eigenvalue weighted by atomic mass is 9.97. The van der Waals surface area contributed by atoms with Crippen molar-refractivity contribution in [3.8, 4) is 17.0 Å². The van der Waals surface area contributed by atoms with E-state index >= 15 is 0 Å². The number of aliphatic hydroxyl groups is 2. The Bertz CT molecular complexity index is 1220. The number of imide groups is 1. The monoisotopic (exact) mass is 556 g/mol. The summed E-state index contributed by atoms with van der Waals surface area (Å²) >= 11 is 0. The molecule has 218 valence electrons. The Labute approximate surface area is 235 Å². The van der Waals surface area contributed by atoms with Crippen molar-refractivity contribution in [2.45, 2.75) is 60.1 Å². The fourth-order valence-electron chi connectivity index (χ4n) is 4.05. The van der Waals surface area contributed by atoms with Crippen LogP contribution in [-0.2, 0) is 4.79 Å². The van der Waals surface area contributed by atoms with Crippen molar-refractivity contribution in [1.82, 2.24) is 20.2 Å². The number of aromatic nitrogens is 2. The molecule has 4 rings (SSSR count). The topological polar surface area (TPSA) is 128 Å². The molecular formula is C30H41FN4O5. The molecule has 1 aromatic heterocycles. The van der Waals surface area contributed by atoms with E-state index in [9.17, 15) is 14.0 Å². The highest BCUT2D eigenvalue weighted by molar-refractivity contribution is 6.02. The van der Waals surface area contributed by atoms with Gasteiger partial charge in [0.25, 0.3) is 5.91 Å². The maximum atomic E-state index is 14.4. The number of aliphatic hydroxyl groups excluding tert-OH is 2. The van der Waals surface area contributed by atoms with E-state index in [4.69, 9.17) is 14.9 Å². The number of halogens is 1. The van der Waals surface area contributed by atoms with Crippen LogP contribution in [0, 0.1) is 25.6 Å². The van der Waals surface area contributed by atoms with Crippen molar-refractivity contribution in [3.05, 3.63) is 71.4 Å². The van der Waals surface area contributed by atoms with Crippen molar-refractivity contribution in [2.75, 3.05) is 19.8 Å². The number of aryl methyl sites for hydroxylation is 2. The molecule has 1 fully saturated rings. The number of imidazole rings is 1. The Kier molecular flexibility index (Phi) is 12.8. The first-order valence-electron chi connectivity index (χ1n) is 13.6. The van der Waals surface area contributed by atoms with Gasteiger partial charge in [0.1, 0.15) is 36.1 Å². The zero-order valence-electron chi connectivity index (χ0n) is 24.1. The molecule has 0 bridgehead atoms. The summed E-state index contributed by atoms with van der Waals surface area (Å²) in [5, 5.41) is 20.0. The van der Waals surface area contributed by atoms with Crippen LogP contribution in [0.4, 0.5) is 9.18 Å². The molecule has 0 spiro atoms. The molecule has 3 amide bonds. The molecule has 0 radical (unpaired) electrons. The van der Waals surface area contributed by atoms with Crippen LogP contribution >= 0.6 is 0 Å². The van der Waals surface area contributed by atoms with E-state index in [0.29, 0.717) is 28.5 Å². The van der Waals surface area contributed by atoms with Crippen molar-refractivity contribution >= 4 is 11.9 Å². The molecule has 40 heavy (non-hydrogen) atoms. The van der Waals surface area contributed by atoms with Gasteiger partial charge in [-0.2, -0.15) is 0 Å². The van der Waals surface area contributed by atoms with Gasteiger partial charge >= 0.3 is 6.03 Å². The van der Waals surface area contributed by atoms with E-state index in [1.807, 2.05) is 65.8 Å². The third-order valence-electron chi connectivity index (χ3n) is 6.30. The van der Waals surface area contributed by atoms with Gasteiger partial charge in [0.05, 0.1) is 18.8 Å². The van der Waals surface area contributed by atoms with Crippen LogP contribution in [0.3, 0.4) is 0 Å². The van der Waals surface area contributed by atoms with Gasteiger partial charge in [-0.15, -0.1) is 0 Å². The van der Waals surface area contributed by atoms with Crippen LogP contribution in [0.25, 0.3) is 11.3 Å². The number of carbonyl (C=O) groups excluding carboxylic acids is 2. The summed E-state index contributed by atoms with van der Waals surface area (Å²) in [6.07, 6.45) is -0.0411. The van der Waals surface area contributed by atoms with Crippen LogP contribution < -0.4 is 10.1 Å². The average molecular weight is 557 g/mol. The van der Waals surface area contributed by atoms with Gasteiger partial charge in [-0.25, -0.2) is 14.2 Å². The first-order chi connectivity index (χ1) is 19.2. The third-order valence-corrected chi connectivity index (χ3v) is 6.30. The Morgan fingerprint density at radius 2 is 1.80 bits per heavy atom. The number of benzene rings is 2. The fourth-order valence-corrected chi connectivity index (χ4v) is 4.05. The van der Waals surface area contributed by atoms with Crippen LogP contribution in [0.15, 0.2) is 48.5 Å². The number of hydrogen-bond donors (Lipinski definition) is 4. The highest BCUT2D eigenvalue weighted by atomic mass is 19.1. The average Bonchev–Trinajstić information content (AvgIpc) is 3.50. The molecule has 3 aromatic rings. The van der Waals surface area contributed by atoms with Crippen LogP contribution in [0.2, 0.25) is 0 Å². The first kappa shape index (κ1) is 32.5. The number of rotatable bonds is 9. The summed E-state index contributed by atoms with van der Waals surface area (Å²) in [7, 11) is 0. The predicted molar refractivity (Wildman–Crippen MR) is 152 cm³/mol. The zero-order valence-corrected chi connectivity index (χ0v) is 24.1. The molecule has 10 heteroatoms. The predicted octanol–water partition coefficient (Wildman–Crippen LogP) is 4.92. The molecule has 9 nitrogen and oxygen atoms in total. The number of para-hydroxylation sites is 1. The minimum Gasteiger partial charge on any atom is -0.491 e. The van der Waals surface area contributed by atoms with Gasteiger partial charge in [0, 0.05) is 11.3 Å². The Morgan fingerprint density at radius 1 is 1.12 bits per heavy atom. The van der Waals surface area contributed by atoms with Crippen molar-refractivity contribution < 1.29 is 28.9 Å². The van der Waals surface area contributed by atoms with E-state index in [2.05, 4.69) is 15.3 Å². The van der Waals surface area contributed by atoms with Crippen molar-refractivity contribution in [3.63, 3.8) is 0 Å². The molecule has 1 aliphatic rings. The molecule has 3 atom stereocenters. The molecule has 4 N–H and O–H groups in total. The largest absolute Gasteiger partial charge is 0.491 e. The van der Waals surface area contributed by atoms with E-state index in [1.165, 1.54) is 11.0 Å². The summed E-state index contributed by atoms with van der Waals surface area (Å²) in [6, 6.07) is 13.2. The quantitative estimate of drug-likeness (QED) is 0.277. The Hall–Kier alpha value is -3.76. The highest BCUT2D eigenvalue weighted by Gasteiger charge is 2.40.